The van der Waals surface area contributed by atoms with Crippen molar-refractivity contribution in [3.63, 3.8) is 0 Å². The number of nitrogens with one attached hydrogen (secondary N) is 1. The van der Waals surface area contributed by atoms with Crippen molar-refractivity contribution in [2.45, 2.75) is 6.54 Å². The quantitative estimate of drug-likeness (QED) is 0.820. The molecule has 0 atom stereocenters. The molecular formula is C12H12N4O. The number of aromatic nitrogens is 2. The molecule has 0 bridgehead atoms. The Morgan fingerprint density at radius 1 is 1.24 bits per heavy atom. The fourth-order valence-electron chi connectivity index (χ4n) is 1.37. The highest BCUT2D eigenvalue weighted by Gasteiger charge is 2.09. The Bertz CT molecular complexity index is 513. The van der Waals surface area contributed by atoms with Gasteiger partial charge in [-0.15, -0.1) is 0 Å². The molecule has 0 aliphatic carbocycles. The van der Waals surface area contributed by atoms with E-state index in [2.05, 4.69) is 15.3 Å². The van der Waals surface area contributed by atoms with Crippen molar-refractivity contribution < 1.29 is 4.79 Å². The molecule has 0 fully saturated rings. The summed E-state index contributed by atoms with van der Waals surface area (Å²) in [6, 6.07) is 7.01. The van der Waals surface area contributed by atoms with Crippen LogP contribution >= 0.6 is 0 Å². The van der Waals surface area contributed by atoms with E-state index in [0.717, 1.165) is 5.56 Å². The maximum absolute atomic E-state index is 11.8. The number of hydrogen-bond donors (Lipinski definition) is 2. The van der Waals surface area contributed by atoms with Gasteiger partial charge < -0.3 is 11.1 Å². The number of amides is 1. The maximum Gasteiger partial charge on any atom is 0.272 e. The molecule has 1 amide bonds. The van der Waals surface area contributed by atoms with Crippen LogP contribution in [0, 0.1) is 0 Å². The van der Waals surface area contributed by atoms with E-state index in [1.54, 1.807) is 24.5 Å². The van der Waals surface area contributed by atoms with Crippen LogP contribution in [0.4, 0.5) is 5.69 Å². The second-order valence-corrected chi connectivity index (χ2v) is 3.48. The molecule has 0 spiro atoms. The summed E-state index contributed by atoms with van der Waals surface area (Å²) in [5, 5.41) is 2.75. The van der Waals surface area contributed by atoms with Gasteiger partial charge in [0.25, 0.3) is 5.91 Å². The molecule has 0 saturated heterocycles. The zero-order valence-electron chi connectivity index (χ0n) is 9.13. The van der Waals surface area contributed by atoms with Crippen molar-refractivity contribution in [3.8, 4) is 0 Å². The number of pyridine rings is 2. The lowest BCUT2D eigenvalue weighted by molar-refractivity contribution is 0.0947. The van der Waals surface area contributed by atoms with Crippen molar-refractivity contribution >= 4 is 11.6 Å². The minimum Gasteiger partial charge on any atom is -0.397 e. The first-order valence-electron chi connectivity index (χ1n) is 5.15. The van der Waals surface area contributed by atoms with Crippen LogP contribution in [0.15, 0.2) is 42.9 Å². The molecule has 0 radical (unpaired) electrons. The van der Waals surface area contributed by atoms with E-state index < -0.39 is 0 Å². The highest BCUT2D eigenvalue weighted by atomic mass is 16.1. The van der Waals surface area contributed by atoms with Gasteiger partial charge >= 0.3 is 0 Å². The van der Waals surface area contributed by atoms with Gasteiger partial charge in [0.1, 0.15) is 0 Å². The number of nitrogen functional groups attached to an aromatic ring is 1. The molecule has 3 N–H and O–H groups in total. The van der Waals surface area contributed by atoms with Crippen LogP contribution in [0.25, 0.3) is 0 Å². The van der Waals surface area contributed by atoms with E-state index in [1.165, 1.54) is 6.20 Å². The molecule has 5 nitrogen and oxygen atoms in total. The zero-order valence-corrected chi connectivity index (χ0v) is 9.13. The lowest BCUT2D eigenvalue weighted by Crippen LogP contribution is -2.24. The van der Waals surface area contributed by atoms with Crippen molar-refractivity contribution in [1.82, 2.24) is 15.3 Å². The topological polar surface area (TPSA) is 80.9 Å². The van der Waals surface area contributed by atoms with Crippen molar-refractivity contribution in [1.29, 1.82) is 0 Å². The van der Waals surface area contributed by atoms with E-state index >= 15 is 0 Å². The molecule has 17 heavy (non-hydrogen) atoms. The second kappa shape index (κ2) is 5.07. The highest BCUT2D eigenvalue weighted by molar-refractivity contribution is 5.96. The molecule has 5 heteroatoms. The van der Waals surface area contributed by atoms with Crippen LogP contribution in [-0.4, -0.2) is 15.9 Å². The smallest absolute Gasteiger partial charge is 0.272 e. The third-order valence-corrected chi connectivity index (χ3v) is 2.26. The molecule has 0 aromatic carbocycles. The predicted octanol–water partition coefficient (Wildman–Crippen LogP) is 0.989. The van der Waals surface area contributed by atoms with E-state index in [4.69, 9.17) is 5.73 Å². The summed E-state index contributed by atoms with van der Waals surface area (Å²) in [4.78, 5) is 19.6. The Kier molecular flexibility index (Phi) is 3.30. The fourth-order valence-corrected chi connectivity index (χ4v) is 1.37. The third-order valence-electron chi connectivity index (χ3n) is 2.26. The van der Waals surface area contributed by atoms with E-state index in [1.807, 2.05) is 12.1 Å². The molecule has 0 unspecified atom stereocenters. The Morgan fingerprint density at radius 2 is 2.00 bits per heavy atom. The average molecular weight is 228 g/mol. The van der Waals surface area contributed by atoms with Crippen LogP contribution in [0.5, 0.6) is 0 Å². The monoisotopic (exact) mass is 228 g/mol. The summed E-state index contributed by atoms with van der Waals surface area (Å²) in [6.07, 6.45) is 4.89. The first kappa shape index (κ1) is 11.1. The molecule has 2 aromatic rings. The number of anilines is 1. The maximum atomic E-state index is 11.8. The lowest BCUT2D eigenvalue weighted by atomic mass is 10.2. The van der Waals surface area contributed by atoms with Gasteiger partial charge in [0.2, 0.25) is 0 Å². The second-order valence-electron chi connectivity index (χ2n) is 3.48. The van der Waals surface area contributed by atoms with Crippen LogP contribution in [0.1, 0.15) is 16.1 Å². The first-order chi connectivity index (χ1) is 8.27. The van der Waals surface area contributed by atoms with Gasteiger partial charge in [0.15, 0.2) is 5.69 Å². The van der Waals surface area contributed by atoms with Crippen molar-refractivity contribution in [3.05, 3.63) is 54.1 Å². The molecule has 0 aliphatic rings. The Labute approximate surface area is 98.7 Å². The minimum atomic E-state index is -0.278. The number of carbonyl (C=O) groups excluding carboxylic acids is 1. The highest BCUT2D eigenvalue weighted by Crippen LogP contribution is 2.06. The van der Waals surface area contributed by atoms with Gasteiger partial charge in [-0.3, -0.25) is 9.78 Å². The molecule has 2 aromatic heterocycles. The summed E-state index contributed by atoms with van der Waals surface area (Å²) in [5.41, 5.74) is 7.26. The number of hydrogen-bond acceptors (Lipinski definition) is 4. The summed E-state index contributed by atoms with van der Waals surface area (Å²) < 4.78 is 0. The Hall–Kier alpha value is -2.43. The van der Waals surface area contributed by atoms with Crippen LogP contribution in [-0.2, 0) is 6.54 Å². The summed E-state index contributed by atoms with van der Waals surface area (Å²) in [6.45, 7) is 0.428. The van der Waals surface area contributed by atoms with Crippen molar-refractivity contribution in [2.75, 3.05) is 5.73 Å². The number of rotatable bonds is 3. The third kappa shape index (κ3) is 2.78. The summed E-state index contributed by atoms with van der Waals surface area (Å²) in [7, 11) is 0. The molecule has 86 valence electrons. The molecule has 0 aliphatic heterocycles. The summed E-state index contributed by atoms with van der Waals surface area (Å²) >= 11 is 0. The zero-order chi connectivity index (χ0) is 12.1. The Balaban J connectivity index is 2.01. The van der Waals surface area contributed by atoms with Gasteiger partial charge in [-0.25, -0.2) is 4.98 Å². The molecular weight excluding hydrogens is 216 g/mol. The fraction of sp³-hybridized carbons (Fsp3) is 0.0833. The van der Waals surface area contributed by atoms with Crippen molar-refractivity contribution in [2.24, 2.45) is 0 Å². The first-order valence-corrected chi connectivity index (χ1v) is 5.15. The lowest BCUT2D eigenvalue weighted by Gasteiger charge is -2.06. The number of nitrogens with zero attached hydrogens (tertiary/aromatic N) is 2. The summed E-state index contributed by atoms with van der Waals surface area (Å²) in [5.74, 6) is -0.278. The standard InChI is InChI=1S/C12H12N4O/c13-10-2-1-5-15-11(10)12(17)16-8-9-3-6-14-7-4-9/h1-7H,8,13H2,(H,16,17). The van der Waals surface area contributed by atoms with E-state index in [9.17, 15) is 4.79 Å². The minimum absolute atomic E-state index is 0.251. The van der Waals surface area contributed by atoms with Gasteiger partial charge in [-0.2, -0.15) is 0 Å². The Morgan fingerprint density at radius 3 is 2.71 bits per heavy atom. The van der Waals surface area contributed by atoms with Crippen LogP contribution in [0.2, 0.25) is 0 Å². The largest absolute Gasteiger partial charge is 0.397 e. The number of nitrogens with two attached hydrogens (primary N) is 1. The van der Waals surface area contributed by atoms with E-state index in [0.29, 0.717) is 12.2 Å². The molecule has 2 heterocycles. The SMILES string of the molecule is Nc1cccnc1C(=O)NCc1ccncc1. The van der Waals surface area contributed by atoms with E-state index in [-0.39, 0.29) is 11.6 Å². The molecule has 2 rings (SSSR count). The van der Waals surface area contributed by atoms with Gasteiger partial charge in [-0.05, 0) is 29.8 Å². The van der Waals surface area contributed by atoms with Gasteiger partial charge in [-0.1, -0.05) is 0 Å². The van der Waals surface area contributed by atoms with Crippen LogP contribution in [0.3, 0.4) is 0 Å². The molecule has 0 saturated carbocycles. The van der Waals surface area contributed by atoms with Gasteiger partial charge in [0.05, 0.1) is 5.69 Å². The van der Waals surface area contributed by atoms with Gasteiger partial charge in [0, 0.05) is 25.1 Å². The number of carbonyl (C=O) groups is 1. The average Bonchev–Trinajstić information content (AvgIpc) is 2.38. The normalized spacial score (nSPS) is 9.88. The van der Waals surface area contributed by atoms with Crippen LogP contribution < -0.4 is 11.1 Å². The predicted molar refractivity (Wildman–Crippen MR) is 64.1 cm³/mol.